The first-order chi connectivity index (χ1) is 7.76. The van der Waals surface area contributed by atoms with E-state index in [0.29, 0.717) is 11.0 Å². The van der Waals surface area contributed by atoms with Crippen molar-refractivity contribution in [2.45, 2.75) is 19.8 Å². The fourth-order valence-electron chi connectivity index (χ4n) is 1.84. The van der Waals surface area contributed by atoms with Gasteiger partial charge in [0.2, 0.25) is 0 Å². The van der Waals surface area contributed by atoms with E-state index < -0.39 is 0 Å². The molecule has 0 fully saturated rings. The van der Waals surface area contributed by atoms with Crippen LogP contribution in [-0.2, 0) is 12.8 Å². The average Bonchev–Trinajstić information content (AvgIpc) is 2.30. The van der Waals surface area contributed by atoms with Crippen molar-refractivity contribution in [3.05, 3.63) is 40.5 Å². The summed E-state index contributed by atoms with van der Waals surface area (Å²) in [6, 6.07) is 8.30. The Balaban J connectivity index is 2.63. The SMILES string of the molecule is CCc1cccc2cc(CCCl)c(Cl)nc12. The van der Waals surface area contributed by atoms with Crippen molar-refractivity contribution < 1.29 is 0 Å². The molecule has 0 N–H and O–H groups in total. The van der Waals surface area contributed by atoms with E-state index in [1.54, 1.807) is 0 Å². The van der Waals surface area contributed by atoms with Crippen molar-refractivity contribution in [3.8, 4) is 0 Å². The fraction of sp³-hybridized carbons (Fsp3) is 0.308. The van der Waals surface area contributed by atoms with Crippen LogP contribution >= 0.6 is 23.2 Å². The maximum absolute atomic E-state index is 6.14. The monoisotopic (exact) mass is 253 g/mol. The molecule has 1 aromatic carbocycles. The Morgan fingerprint density at radius 3 is 2.75 bits per heavy atom. The highest BCUT2D eigenvalue weighted by Crippen LogP contribution is 2.24. The number of fused-ring (bicyclic) bond motifs is 1. The predicted molar refractivity (Wildman–Crippen MR) is 70.6 cm³/mol. The van der Waals surface area contributed by atoms with Crippen LogP contribution in [0.5, 0.6) is 0 Å². The first-order valence-corrected chi connectivity index (χ1v) is 6.30. The number of benzene rings is 1. The normalized spacial score (nSPS) is 10.9. The average molecular weight is 254 g/mol. The Bertz CT molecular complexity index is 509. The lowest BCUT2D eigenvalue weighted by atomic mass is 10.1. The highest BCUT2D eigenvalue weighted by atomic mass is 35.5. The second kappa shape index (κ2) is 5.03. The molecular formula is C13H13Cl2N. The van der Waals surface area contributed by atoms with Gasteiger partial charge in [0, 0.05) is 11.3 Å². The molecule has 1 aromatic heterocycles. The Morgan fingerprint density at radius 2 is 2.06 bits per heavy atom. The lowest BCUT2D eigenvalue weighted by Crippen LogP contribution is -1.94. The zero-order valence-corrected chi connectivity index (χ0v) is 10.6. The number of para-hydroxylation sites is 1. The number of hydrogen-bond acceptors (Lipinski definition) is 1. The molecule has 0 aliphatic rings. The minimum absolute atomic E-state index is 0.570. The van der Waals surface area contributed by atoms with E-state index in [1.807, 2.05) is 0 Å². The molecular weight excluding hydrogens is 241 g/mol. The van der Waals surface area contributed by atoms with Gasteiger partial charge in [0.15, 0.2) is 0 Å². The fourth-order valence-corrected chi connectivity index (χ4v) is 2.28. The molecule has 0 saturated carbocycles. The summed E-state index contributed by atoms with van der Waals surface area (Å²) in [5, 5.41) is 1.72. The van der Waals surface area contributed by atoms with Crippen molar-refractivity contribution in [1.29, 1.82) is 0 Å². The van der Waals surface area contributed by atoms with Gasteiger partial charge in [0.1, 0.15) is 5.15 Å². The van der Waals surface area contributed by atoms with Crippen LogP contribution in [0.3, 0.4) is 0 Å². The standard InChI is InChI=1S/C13H13Cl2N/c1-2-9-4-3-5-10-8-11(6-7-14)13(15)16-12(9)10/h3-5,8H,2,6-7H2,1H3. The van der Waals surface area contributed by atoms with Gasteiger partial charge in [-0.3, -0.25) is 0 Å². The van der Waals surface area contributed by atoms with Gasteiger partial charge in [0.05, 0.1) is 5.52 Å². The van der Waals surface area contributed by atoms with E-state index in [0.717, 1.165) is 29.3 Å². The first-order valence-electron chi connectivity index (χ1n) is 5.39. The van der Waals surface area contributed by atoms with E-state index in [-0.39, 0.29) is 0 Å². The van der Waals surface area contributed by atoms with Gasteiger partial charge in [-0.2, -0.15) is 0 Å². The summed E-state index contributed by atoms with van der Waals surface area (Å²) < 4.78 is 0. The van der Waals surface area contributed by atoms with E-state index in [1.165, 1.54) is 5.56 Å². The predicted octanol–water partition coefficient (Wildman–Crippen LogP) is 4.23. The summed E-state index contributed by atoms with van der Waals surface area (Å²) in [6.07, 6.45) is 1.73. The van der Waals surface area contributed by atoms with Crippen molar-refractivity contribution in [2.75, 3.05) is 5.88 Å². The van der Waals surface area contributed by atoms with Crippen LogP contribution in [0.4, 0.5) is 0 Å². The molecule has 1 heterocycles. The summed E-state index contributed by atoms with van der Waals surface area (Å²) in [7, 11) is 0. The quantitative estimate of drug-likeness (QED) is 0.590. The van der Waals surface area contributed by atoms with Gasteiger partial charge in [-0.15, -0.1) is 11.6 Å². The summed E-state index contributed by atoms with van der Waals surface area (Å²) in [4.78, 5) is 4.47. The number of hydrogen-bond donors (Lipinski definition) is 0. The molecule has 0 aliphatic carbocycles. The molecule has 0 amide bonds. The maximum Gasteiger partial charge on any atom is 0.133 e. The number of halogens is 2. The molecule has 1 nitrogen and oxygen atoms in total. The summed E-state index contributed by atoms with van der Waals surface area (Å²) >= 11 is 11.9. The number of alkyl halides is 1. The van der Waals surface area contributed by atoms with E-state index in [9.17, 15) is 0 Å². The number of pyridine rings is 1. The van der Waals surface area contributed by atoms with Crippen molar-refractivity contribution >= 4 is 34.1 Å². The molecule has 0 spiro atoms. The highest BCUT2D eigenvalue weighted by Gasteiger charge is 2.06. The third kappa shape index (κ3) is 2.16. The molecule has 2 rings (SSSR count). The number of aryl methyl sites for hydroxylation is 2. The third-order valence-corrected chi connectivity index (χ3v) is 3.22. The van der Waals surface area contributed by atoms with Crippen molar-refractivity contribution in [3.63, 3.8) is 0 Å². The van der Waals surface area contributed by atoms with Gasteiger partial charge >= 0.3 is 0 Å². The second-order valence-electron chi connectivity index (χ2n) is 3.72. The van der Waals surface area contributed by atoms with Crippen LogP contribution in [0.15, 0.2) is 24.3 Å². The van der Waals surface area contributed by atoms with Gasteiger partial charge in [-0.05, 0) is 30.0 Å². The topological polar surface area (TPSA) is 12.9 Å². The van der Waals surface area contributed by atoms with Gasteiger partial charge in [-0.25, -0.2) is 4.98 Å². The number of rotatable bonds is 3. The Hall–Kier alpha value is -0.790. The lowest BCUT2D eigenvalue weighted by molar-refractivity contribution is 1.11. The van der Waals surface area contributed by atoms with Crippen LogP contribution in [-0.4, -0.2) is 10.9 Å². The van der Waals surface area contributed by atoms with Gasteiger partial charge in [0.25, 0.3) is 0 Å². The minimum atomic E-state index is 0.570. The van der Waals surface area contributed by atoms with Crippen molar-refractivity contribution in [2.24, 2.45) is 0 Å². The Morgan fingerprint density at radius 1 is 1.25 bits per heavy atom. The molecule has 2 aromatic rings. The zero-order chi connectivity index (χ0) is 11.5. The van der Waals surface area contributed by atoms with E-state index >= 15 is 0 Å². The van der Waals surface area contributed by atoms with Crippen LogP contribution in [0.25, 0.3) is 10.9 Å². The molecule has 0 bridgehead atoms. The number of aromatic nitrogens is 1. The summed E-state index contributed by atoms with van der Waals surface area (Å²) in [6.45, 7) is 2.12. The minimum Gasteiger partial charge on any atom is -0.236 e. The molecule has 84 valence electrons. The summed E-state index contributed by atoms with van der Waals surface area (Å²) in [5.41, 5.74) is 3.27. The summed E-state index contributed by atoms with van der Waals surface area (Å²) in [5.74, 6) is 0.570. The maximum atomic E-state index is 6.14. The highest BCUT2D eigenvalue weighted by molar-refractivity contribution is 6.30. The molecule has 0 atom stereocenters. The Kier molecular flexibility index (Phi) is 3.67. The van der Waals surface area contributed by atoms with Crippen molar-refractivity contribution in [1.82, 2.24) is 4.98 Å². The van der Waals surface area contributed by atoms with Gasteiger partial charge in [-0.1, -0.05) is 36.7 Å². The lowest BCUT2D eigenvalue weighted by Gasteiger charge is -2.07. The van der Waals surface area contributed by atoms with E-state index in [4.69, 9.17) is 23.2 Å². The van der Waals surface area contributed by atoms with Crippen LogP contribution in [0, 0.1) is 0 Å². The molecule has 0 aliphatic heterocycles. The molecule has 3 heteroatoms. The molecule has 0 radical (unpaired) electrons. The zero-order valence-electron chi connectivity index (χ0n) is 9.13. The molecule has 16 heavy (non-hydrogen) atoms. The molecule has 0 saturated heterocycles. The van der Waals surface area contributed by atoms with E-state index in [2.05, 4.69) is 36.2 Å². The second-order valence-corrected chi connectivity index (χ2v) is 4.46. The number of nitrogens with zero attached hydrogens (tertiary/aromatic N) is 1. The smallest absolute Gasteiger partial charge is 0.133 e. The Labute approximate surface area is 105 Å². The largest absolute Gasteiger partial charge is 0.236 e. The van der Waals surface area contributed by atoms with Crippen LogP contribution < -0.4 is 0 Å². The van der Waals surface area contributed by atoms with Gasteiger partial charge < -0.3 is 0 Å². The molecule has 0 unspecified atom stereocenters. The van der Waals surface area contributed by atoms with Crippen LogP contribution in [0.2, 0.25) is 5.15 Å². The first kappa shape index (κ1) is 11.7. The van der Waals surface area contributed by atoms with Crippen LogP contribution in [0.1, 0.15) is 18.1 Å². The third-order valence-electron chi connectivity index (χ3n) is 2.70.